The second-order valence-corrected chi connectivity index (χ2v) is 5.67. The van der Waals surface area contributed by atoms with Gasteiger partial charge in [0.05, 0.1) is 5.57 Å². The highest BCUT2D eigenvalue weighted by Gasteiger charge is 2.15. The largest absolute Gasteiger partial charge is 0.366 e. The van der Waals surface area contributed by atoms with Crippen LogP contribution in [0.25, 0.3) is 23.2 Å². The number of aromatic nitrogens is 4. The second-order valence-electron chi connectivity index (χ2n) is 5.67. The third-order valence-corrected chi connectivity index (χ3v) is 3.56. The maximum absolute atomic E-state index is 13.9. The number of hydrogen-bond acceptors (Lipinski definition) is 4. The Morgan fingerprint density at radius 3 is 2.56 bits per heavy atom. The number of hydrogen-bond donors (Lipinski definition) is 1. The highest BCUT2D eigenvalue weighted by Crippen LogP contribution is 2.20. The molecule has 126 valence electrons. The molecule has 0 saturated heterocycles. The summed E-state index contributed by atoms with van der Waals surface area (Å²) in [5, 5.41) is 4.32. The number of carbonyl (C=O) groups is 1. The molecule has 0 spiro atoms. The van der Waals surface area contributed by atoms with Crippen LogP contribution in [-0.4, -0.2) is 25.7 Å². The third kappa shape index (κ3) is 3.60. The van der Waals surface area contributed by atoms with Crippen molar-refractivity contribution in [2.24, 2.45) is 5.73 Å². The molecule has 0 saturated carbocycles. The van der Waals surface area contributed by atoms with E-state index in [0.717, 1.165) is 16.7 Å². The molecule has 7 heteroatoms. The highest BCUT2D eigenvalue weighted by molar-refractivity contribution is 6.22. The zero-order valence-corrected chi connectivity index (χ0v) is 13.8. The number of carbonyl (C=O) groups excluding carboxylic acids is 1. The average molecular weight is 337 g/mol. The van der Waals surface area contributed by atoms with Crippen LogP contribution in [0, 0.1) is 19.8 Å². The van der Waals surface area contributed by atoms with E-state index in [1.165, 1.54) is 35.5 Å². The van der Waals surface area contributed by atoms with Gasteiger partial charge in [0, 0.05) is 23.5 Å². The first-order valence-corrected chi connectivity index (χ1v) is 7.56. The molecule has 2 N–H and O–H groups in total. The molecule has 3 rings (SSSR count). The van der Waals surface area contributed by atoms with Gasteiger partial charge in [-0.25, -0.2) is 14.6 Å². The summed E-state index contributed by atoms with van der Waals surface area (Å²) in [6.45, 7) is 3.98. The van der Waals surface area contributed by atoms with Crippen molar-refractivity contribution in [3.63, 3.8) is 0 Å². The second kappa shape index (κ2) is 6.64. The average Bonchev–Trinajstić information content (AvgIpc) is 3.01. The molecule has 0 atom stereocenters. The fourth-order valence-corrected chi connectivity index (χ4v) is 2.56. The first kappa shape index (κ1) is 16.5. The number of halogens is 1. The lowest BCUT2D eigenvalue weighted by molar-refractivity contribution is -0.112. The molecule has 0 aliphatic rings. The topological polar surface area (TPSA) is 86.7 Å². The maximum Gasteiger partial charge on any atom is 0.251 e. The number of primary amides is 1. The monoisotopic (exact) mass is 337 g/mol. The van der Waals surface area contributed by atoms with E-state index in [0.29, 0.717) is 5.82 Å². The molecule has 0 aliphatic heterocycles. The minimum Gasteiger partial charge on any atom is -0.366 e. The molecular formula is C18H16FN5O. The maximum atomic E-state index is 13.9. The quantitative estimate of drug-likeness (QED) is 0.585. The number of benzene rings is 1. The molecule has 1 amide bonds. The summed E-state index contributed by atoms with van der Waals surface area (Å²) in [6.07, 6.45) is 4.07. The number of nitrogens with two attached hydrogens (primary N) is 1. The fraction of sp³-hybridized carbons (Fsp3) is 0.111. The van der Waals surface area contributed by atoms with Crippen molar-refractivity contribution in [1.29, 1.82) is 0 Å². The van der Waals surface area contributed by atoms with Gasteiger partial charge >= 0.3 is 0 Å². The third-order valence-electron chi connectivity index (χ3n) is 3.56. The first-order chi connectivity index (χ1) is 11.9. The SMILES string of the molecule is Cc1cc(C)cc(-c2ncn(/C=C(\C(N)=O)c3cccnc3F)n2)c1. The molecular weight excluding hydrogens is 321 g/mol. The predicted molar refractivity (Wildman–Crippen MR) is 92.5 cm³/mol. The Hall–Kier alpha value is -3.35. The van der Waals surface area contributed by atoms with Crippen LogP contribution < -0.4 is 5.73 Å². The van der Waals surface area contributed by atoms with E-state index in [4.69, 9.17) is 5.73 Å². The van der Waals surface area contributed by atoms with Gasteiger partial charge in [-0.2, -0.15) is 4.39 Å². The Labute approximate surface area is 143 Å². The zero-order valence-electron chi connectivity index (χ0n) is 13.8. The van der Waals surface area contributed by atoms with E-state index in [1.807, 2.05) is 26.0 Å². The van der Waals surface area contributed by atoms with Crippen molar-refractivity contribution < 1.29 is 9.18 Å². The summed E-state index contributed by atoms with van der Waals surface area (Å²) in [7, 11) is 0. The van der Waals surface area contributed by atoms with Gasteiger partial charge in [-0.3, -0.25) is 4.79 Å². The van der Waals surface area contributed by atoms with E-state index < -0.39 is 11.9 Å². The molecule has 3 aromatic rings. The lowest BCUT2D eigenvalue weighted by atomic mass is 10.1. The lowest BCUT2D eigenvalue weighted by Gasteiger charge is -2.04. The van der Waals surface area contributed by atoms with Gasteiger partial charge in [-0.1, -0.05) is 17.2 Å². The molecule has 0 radical (unpaired) electrons. The van der Waals surface area contributed by atoms with Crippen molar-refractivity contribution >= 4 is 17.7 Å². The molecule has 6 nitrogen and oxygen atoms in total. The summed E-state index contributed by atoms with van der Waals surface area (Å²) in [4.78, 5) is 19.5. The zero-order chi connectivity index (χ0) is 18.0. The lowest BCUT2D eigenvalue weighted by Crippen LogP contribution is -2.15. The molecule has 0 unspecified atom stereocenters. The van der Waals surface area contributed by atoms with Gasteiger partial charge in [0.1, 0.15) is 6.33 Å². The van der Waals surface area contributed by atoms with Gasteiger partial charge < -0.3 is 5.73 Å². The first-order valence-electron chi connectivity index (χ1n) is 7.56. The number of amides is 1. The summed E-state index contributed by atoms with van der Waals surface area (Å²) in [6, 6.07) is 8.94. The smallest absolute Gasteiger partial charge is 0.251 e. The molecule has 0 bridgehead atoms. The van der Waals surface area contributed by atoms with Crippen LogP contribution in [0.3, 0.4) is 0 Å². The summed E-state index contributed by atoms with van der Waals surface area (Å²) < 4.78 is 15.2. The molecule has 2 aromatic heterocycles. The van der Waals surface area contributed by atoms with Crippen LogP contribution in [0.5, 0.6) is 0 Å². The summed E-state index contributed by atoms with van der Waals surface area (Å²) in [5.41, 5.74) is 8.40. The van der Waals surface area contributed by atoms with Crippen molar-refractivity contribution in [2.45, 2.75) is 13.8 Å². The number of pyridine rings is 1. The van der Waals surface area contributed by atoms with Crippen LogP contribution in [0.1, 0.15) is 16.7 Å². The Kier molecular flexibility index (Phi) is 4.38. The standard InChI is InChI=1S/C18H16FN5O/c1-11-6-12(2)8-13(7-11)18-22-10-24(23-18)9-15(17(20)25)14-4-3-5-21-16(14)19/h3-10H,1-2H3,(H2,20,25)/b15-9-. The van der Waals surface area contributed by atoms with Gasteiger partial charge in [-0.15, -0.1) is 5.10 Å². The van der Waals surface area contributed by atoms with Gasteiger partial charge in [0.15, 0.2) is 5.82 Å². The van der Waals surface area contributed by atoms with Gasteiger partial charge in [0.2, 0.25) is 5.95 Å². The van der Waals surface area contributed by atoms with Crippen molar-refractivity contribution in [2.75, 3.05) is 0 Å². The summed E-state index contributed by atoms with van der Waals surface area (Å²) >= 11 is 0. The van der Waals surface area contributed by atoms with E-state index in [2.05, 4.69) is 21.1 Å². The number of rotatable bonds is 4. The number of aryl methyl sites for hydroxylation is 2. The highest BCUT2D eigenvalue weighted by atomic mass is 19.1. The Balaban J connectivity index is 2.02. The van der Waals surface area contributed by atoms with E-state index in [-0.39, 0.29) is 11.1 Å². The molecule has 25 heavy (non-hydrogen) atoms. The van der Waals surface area contributed by atoms with E-state index >= 15 is 0 Å². The minimum absolute atomic E-state index is 0.0125. The van der Waals surface area contributed by atoms with Crippen LogP contribution >= 0.6 is 0 Å². The van der Waals surface area contributed by atoms with Crippen LogP contribution in [0.15, 0.2) is 42.9 Å². The van der Waals surface area contributed by atoms with Crippen molar-refractivity contribution in [3.05, 3.63) is 65.5 Å². The van der Waals surface area contributed by atoms with Gasteiger partial charge in [-0.05, 0) is 38.1 Å². The predicted octanol–water partition coefficient (Wildman–Crippen LogP) is 2.58. The summed E-state index contributed by atoms with van der Waals surface area (Å²) in [5.74, 6) is -1.06. The molecule has 2 heterocycles. The van der Waals surface area contributed by atoms with Crippen LogP contribution in [0.2, 0.25) is 0 Å². The van der Waals surface area contributed by atoms with Crippen LogP contribution in [-0.2, 0) is 4.79 Å². The van der Waals surface area contributed by atoms with E-state index in [9.17, 15) is 9.18 Å². The van der Waals surface area contributed by atoms with Crippen molar-refractivity contribution in [3.8, 4) is 11.4 Å². The fourth-order valence-electron chi connectivity index (χ4n) is 2.56. The Bertz CT molecular complexity index is 957. The minimum atomic E-state index is -0.782. The molecule has 0 aliphatic carbocycles. The molecule has 0 fully saturated rings. The van der Waals surface area contributed by atoms with Crippen LogP contribution in [0.4, 0.5) is 4.39 Å². The Morgan fingerprint density at radius 2 is 1.92 bits per heavy atom. The molecule has 1 aromatic carbocycles. The van der Waals surface area contributed by atoms with Crippen molar-refractivity contribution in [1.82, 2.24) is 19.7 Å². The van der Waals surface area contributed by atoms with E-state index in [1.54, 1.807) is 0 Å². The number of nitrogens with zero attached hydrogens (tertiary/aromatic N) is 4. The normalized spacial score (nSPS) is 11.6. The van der Waals surface area contributed by atoms with Gasteiger partial charge in [0.25, 0.3) is 5.91 Å². The Morgan fingerprint density at radius 1 is 1.20 bits per heavy atom.